The van der Waals surface area contributed by atoms with Gasteiger partial charge in [-0.25, -0.2) is 9.48 Å². The summed E-state index contributed by atoms with van der Waals surface area (Å²) in [5.74, 6) is -0.595. The van der Waals surface area contributed by atoms with E-state index in [1.54, 1.807) is 36.4 Å². The van der Waals surface area contributed by atoms with Gasteiger partial charge in [-0.2, -0.15) is 10.4 Å². The minimum atomic E-state index is -0.694. The normalized spacial score (nSPS) is 10.1. The van der Waals surface area contributed by atoms with Gasteiger partial charge in [0.2, 0.25) is 0 Å². The molecule has 0 fully saturated rings. The number of ether oxygens (including phenoxy) is 2. The zero-order chi connectivity index (χ0) is 20.6. The topological polar surface area (TPSA) is 106 Å². The molecule has 3 aromatic rings. The van der Waals surface area contributed by atoms with Gasteiger partial charge in [-0.3, -0.25) is 4.79 Å². The second-order valence-electron chi connectivity index (χ2n) is 5.72. The average molecular weight is 455 g/mol. The summed E-state index contributed by atoms with van der Waals surface area (Å²) in [5.41, 5.74) is 0.858. The molecule has 9 heteroatoms. The number of hydrogen-bond donors (Lipinski definition) is 1. The SMILES string of the molecule is N#Cc1cnn(-c2ccccc2)c1NC(=O)COC(=O)COc1ccc(Br)cc1. The number of para-hydroxylation sites is 1. The molecule has 1 N–H and O–H groups in total. The Morgan fingerprint density at radius 3 is 2.52 bits per heavy atom. The largest absolute Gasteiger partial charge is 0.482 e. The van der Waals surface area contributed by atoms with Crippen LogP contribution in [-0.2, 0) is 14.3 Å². The van der Waals surface area contributed by atoms with E-state index in [2.05, 4.69) is 26.3 Å². The lowest BCUT2D eigenvalue weighted by Crippen LogP contribution is -2.25. The van der Waals surface area contributed by atoms with Crippen LogP contribution in [0.1, 0.15) is 5.56 Å². The Morgan fingerprint density at radius 1 is 1.10 bits per heavy atom. The summed E-state index contributed by atoms with van der Waals surface area (Å²) in [6.45, 7) is -0.853. The standard InChI is InChI=1S/C20H15BrN4O4/c21-15-6-8-17(9-7-15)28-13-19(27)29-12-18(26)24-20-14(10-22)11-23-25(20)16-4-2-1-3-5-16/h1-9,11H,12-13H2,(H,24,26). The highest BCUT2D eigenvalue weighted by Crippen LogP contribution is 2.19. The first-order valence-corrected chi connectivity index (χ1v) is 9.23. The van der Waals surface area contributed by atoms with Crippen molar-refractivity contribution in [3.05, 3.63) is 70.8 Å². The molecular formula is C20H15BrN4O4. The lowest BCUT2D eigenvalue weighted by molar-refractivity contribution is -0.149. The minimum Gasteiger partial charge on any atom is -0.482 e. The van der Waals surface area contributed by atoms with Crippen LogP contribution in [0.15, 0.2) is 65.3 Å². The number of anilines is 1. The van der Waals surface area contributed by atoms with E-state index in [9.17, 15) is 14.9 Å². The Hall–Kier alpha value is -3.64. The number of hydrogen-bond acceptors (Lipinski definition) is 6. The summed E-state index contributed by atoms with van der Waals surface area (Å²) in [6.07, 6.45) is 1.35. The molecule has 0 spiro atoms. The monoisotopic (exact) mass is 454 g/mol. The predicted octanol–water partition coefficient (Wildman–Crippen LogP) is 3.07. The van der Waals surface area contributed by atoms with Gasteiger partial charge in [-0.1, -0.05) is 34.1 Å². The Bertz CT molecular complexity index is 1040. The molecule has 0 aliphatic carbocycles. The molecule has 0 aliphatic heterocycles. The van der Waals surface area contributed by atoms with Gasteiger partial charge < -0.3 is 14.8 Å². The predicted molar refractivity (Wildman–Crippen MR) is 108 cm³/mol. The molecule has 0 unspecified atom stereocenters. The number of amides is 1. The number of halogens is 1. The van der Waals surface area contributed by atoms with Gasteiger partial charge in [-0.15, -0.1) is 0 Å². The average Bonchev–Trinajstić information content (AvgIpc) is 3.15. The zero-order valence-corrected chi connectivity index (χ0v) is 16.6. The number of esters is 1. The summed E-state index contributed by atoms with van der Waals surface area (Å²) in [5, 5.41) is 15.9. The van der Waals surface area contributed by atoms with Crippen LogP contribution in [0, 0.1) is 11.3 Å². The van der Waals surface area contributed by atoms with Gasteiger partial charge in [0.1, 0.15) is 17.4 Å². The van der Waals surface area contributed by atoms with E-state index in [1.165, 1.54) is 10.9 Å². The maximum absolute atomic E-state index is 12.2. The molecule has 0 saturated heterocycles. The maximum Gasteiger partial charge on any atom is 0.344 e. The fourth-order valence-electron chi connectivity index (χ4n) is 2.34. The smallest absolute Gasteiger partial charge is 0.344 e. The molecule has 0 atom stereocenters. The Labute approximate surface area is 174 Å². The van der Waals surface area contributed by atoms with E-state index >= 15 is 0 Å². The molecule has 3 rings (SSSR count). The Morgan fingerprint density at radius 2 is 1.83 bits per heavy atom. The quantitative estimate of drug-likeness (QED) is 0.549. The second kappa shape index (κ2) is 9.52. The van der Waals surface area contributed by atoms with Crippen LogP contribution in [0.3, 0.4) is 0 Å². The molecule has 1 heterocycles. The van der Waals surface area contributed by atoms with Gasteiger partial charge in [0.05, 0.1) is 11.9 Å². The fraction of sp³-hybridized carbons (Fsp3) is 0.100. The zero-order valence-electron chi connectivity index (χ0n) is 15.0. The van der Waals surface area contributed by atoms with Gasteiger partial charge in [0.25, 0.3) is 5.91 Å². The van der Waals surface area contributed by atoms with Crippen molar-refractivity contribution in [3.8, 4) is 17.5 Å². The summed E-state index contributed by atoms with van der Waals surface area (Å²) < 4.78 is 12.5. The van der Waals surface area contributed by atoms with E-state index in [4.69, 9.17) is 9.47 Å². The van der Waals surface area contributed by atoms with Crippen LogP contribution in [0.25, 0.3) is 5.69 Å². The van der Waals surface area contributed by atoms with Gasteiger partial charge in [-0.05, 0) is 36.4 Å². The first-order chi connectivity index (χ1) is 14.1. The summed E-state index contributed by atoms with van der Waals surface area (Å²) in [7, 11) is 0. The molecule has 8 nitrogen and oxygen atoms in total. The third-order valence-electron chi connectivity index (χ3n) is 3.68. The fourth-order valence-corrected chi connectivity index (χ4v) is 2.61. The van der Waals surface area contributed by atoms with E-state index < -0.39 is 18.5 Å². The van der Waals surface area contributed by atoms with Gasteiger partial charge in [0, 0.05) is 4.47 Å². The number of aromatic nitrogens is 2. The van der Waals surface area contributed by atoms with E-state index in [0.29, 0.717) is 11.4 Å². The molecular weight excluding hydrogens is 440 g/mol. The van der Waals surface area contributed by atoms with Crippen molar-refractivity contribution in [2.75, 3.05) is 18.5 Å². The number of carbonyl (C=O) groups is 2. The lowest BCUT2D eigenvalue weighted by Gasteiger charge is -2.10. The Kier molecular flexibility index (Phi) is 6.60. The number of benzene rings is 2. The number of rotatable bonds is 7. The first kappa shape index (κ1) is 20.1. The molecule has 0 radical (unpaired) electrons. The second-order valence-corrected chi connectivity index (χ2v) is 6.63. The molecule has 1 amide bonds. The van der Waals surface area contributed by atoms with Crippen molar-refractivity contribution in [2.45, 2.75) is 0 Å². The van der Waals surface area contributed by atoms with E-state index in [-0.39, 0.29) is 18.0 Å². The van der Waals surface area contributed by atoms with Crippen LogP contribution < -0.4 is 10.1 Å². The summed E-state index contributed by atoms with van der Waals surface area (Å²) in [6, 6.07) is 17.9. The van der Waals surface area contributed by atoms with E-state index in [1.807, 2.05) is 24.3 Å². The molecule has 146 valence electrons. The number of carbonyl (C=O) groups excluding carboxylic acids is 2. The van der Waals surface area contributed by atoms with Crippen molar-refractivity contribution in [3.63, 3.8) is 0 Å². The molecule has 1 aromatic heterocycles. The maximum atomic E-state index is 12.2. The van der Waals surface area contributed by atoms with Crippen molar-refractivity contribution in [1.29, 1.82) is 5.26 Å². The van der Waals surface area contributed by atoms with Crippen LogP contribution in [0.4, 0.5) is 5.82 Å². The number of nitriles is 1. The first-order valence-electron chi connectivity index (χ1n) is 8.44. The minimum absolute atomic E-state index is 0.187. The van der Waals surface area contributed by atoms with Crippen LogP contribution in [-0.4, -0.2) is 34.9 Å². The van der Waals surface area contributed by atoms with Crippen LogP contribution in [0.2, 0.25) is 0 Å². The van der Waals surface area contributed by atoms with Gasteiger partial charge in [0.15, 0.2) is 19.0 Å². The highest BCUT2D eigenvalue weighted by Gasteiger charge is 2.16. The Balaban J connectivity index is 1.55. The lowest BCUT2D eigenvalue weighted by atomic mass is 10.3. The van der Waals surface area contributed by atoms with Crippen molar-refractivity contribution >= 4 is 33.6 Å². The number of nitrogens with zero attached hydrogens (tertiary/aromatic N) is 3. The molecule has 0 saturated carbocycles. The summed E-state index contributed by atoms with van der Waals surface area (Å²) >= 11 is 3.30. The number of nitrogens with one attached hydrogen (secondary N) is 1. The third-order valence-corrected chi connectivity index (χ3v) is 4.21. The molecule has 0 bridgehead atoms. The van der Waals surface area contributed by atoms with Crippen molar-refractivity contribution < 1.29 is 19.1 Å². The van der Waals surface area contributed by atoms with E-state index in [0.717, 1.165) is 4.47 Å². The van der Waals surface area contributed by atoms with Crippen molar-refractivity contribution in [1.82, 2.24) is 9.78 Å². The molecule has 2 aromatic carbocycles. The molecule has 0 aliphatic rings. The third kappa shape index (κ3) is 5.43. The molecule has 29 heavy (non-hydrogen) atoms. The van der Waals surface area contributed by atoms with Crippen molar-refractivity contribution in [2.24, 2.45) is 0 Å². The van der Waals surface area contributed by atoms with Crippen LogP contribution in [0.5, 0.6) is 5.75 Å². The highest BCUT2D eigenvalue weighted by atomic mass is 79.9. The highest BCUT2D eigenvalue weighted by molar-refractivity contribution is 9.10. The summed E-state index contributed by atoms with van der Waals surface area (Å²) in [4.78, 5) is 24.0. The van der Waals surface area contributed by atoms with Crippen LogP contribution >= 0.6 is 15.9 Å². The van der Waals surface area contributed by atoms with Gasteiger partial charge >= 0.3 is 5.97 Å².